The summed E-state index contributed by atoms with van der Waals surface area (Å²) in [5.74, 6) is 0.373. The highest BCUT2D eigenvalue weighted by molar-refractivity contribution is 7.99. The number of unbranched alkanes of at least 4 members (excludes halogenated alkanes) is 2. The molecule has 0 atom stereocenters. The molecule has 8 nitrogen and oxygen atoms in total. The van der Waals surface area contributed by atoms with Crippen molar-refractivity contribution in [3.8, 4) is 6.07 Å². The van der Waals surface area contributed by atoms with Gasteiger partial charge >= 0.3 is 0 Å². The Labute approximate surface area is 188 Å². The predicted molar refractivity (Wildman–Crippen MR) is 125 cm³/mol. The van der Waals surface area contributed by atoms with E-state index in [0.29, 0.717) is 39.6 Å². The number of nitrogens with zero attached hydrogens (tertiary/aromatic N) is 5. The number of thioether (sulfide) groups is 1. The predicted octanol–water partition coefficient (Wildman–Crippen LogP) is 3.84. The molecule has 0 aliphatic heterocycles. The van der Waals surface area contributed by atoms with E-state index in [1.165, 1.54) is 11.8 Å². The molecule has 0 saturated carbocycles. The third-order valence-corrected chi connectivity index (χ3v) is 6.00. The molecule has 2 heterocycles. The Morgan fingerprint density at radius 2 is 2.00 bits per heavy atom. The Hall–Kier alpha value is -3.64. The number of hydrogen-bond donors (Lipinski definition) is 1. The molecule has 4 rings (SSSR count). The lowest BCUT2D eigenvalue weighted by atomic mass is 10.2. The van der Waals surface area contributed by atoms with Gasteiger partial charge in [0.2, 0.25) is 11.7 Å². The number of amides is 1. The molecule has 1 amide bonds. The van der Waals surface area contributed by atoms with Crippen molar-refractivity contribution in [1.82, 2.24) is 19.2 Å². The number of aryl methyl sites for hydroxylation is 1. The fraction of sp³-hybridized carbons (Fsp3) is 0.261. The quantitative estimate of drug-likeness (QED) is 0.326. The SMILES string of the molecule is CCCCCn1c(=O)c2ccccc2n2c(SCC(=O)Nc3cccc(C#N)c3)nnc12. The van der Waals surface area contributed by atoms with Crippen molar-refractivity contribution < 1.29 is 4.79 Å². The first-order valence-electron chi connectivity index (χ1n) is 10.4. The summed E-state index contributed by atoms with van der Waals surface area (Å²) in [5.41, 5.74) is 1.68. The first kappa shape index (κ1) is 21.6. The average molecular weight is 447 g/mol. The third-order valence-electron chi connectivity index (χ3n) is 5.07. The molecule has 1 N–H and O–H groups in total. The van der Waals surface area contributed by atoms with Crippen molar-refractivity contribution in [3.63, 3.8) is 0 Å². The fourth-order valence-corrected chi connectivity index (χ4v) is 4.28. The van der Waals surface area contributed by atoms with Crippen LogP contribution in [0, 0.1) is 11.3 Å². The van der Waals surface area contributed by atoms with Gasteiger partial charge in [-0.15, -0.1) is 10.2 Å². The van der Waals surface area contributed by atoms with E-state index in [2.05, 4.69) is 28.5 Å². The van der Waals surface area contributed by atoms with Crippen LogP contribution in [0.1, 0.15) is 31.7 Å². The first-order chi connectivity index (χ1) is 15.6. The maximum absolute atomic E-state index is 13.1. The molecule has 0 fully saturated rings. The average Bonchev–Trinajstić information content (AvgIpc) is 3.24. The molecule has 0 bridgehead atoms. The van der Waals surface area contributed by atoms with Crippen molar-refractivity contribution >= 4 is 40.0 Å². The van der Waals surface area contributed by atoms with Gasteiger partial charge in [0.1, 0.15) is 0 Å². The number of nitriles is 1. The second-order valence-electron chi connectivity index (χ2n) is 7.33. The number of hydrogen-bond acceptors (Lipinski definition) is 6. The van der Waals surface area contributed by atoms with Crippen molar-refractivity contribution in [2.45, 2.75) is 37.9 Å². The van der Waals surface area contributed by atoms with Crippen LogP contribution in [-0.4, -0.2) is 30.8 Å². The van der Waals surface area contributed by atoms with Gasteiger partial charge in [0.25, 0.3) is 5.56 Å². The molecule has 32 heavy (non-hydrogen) atoms. The molecule has 9 heteroatoms. The molecule has 0 unspecified atom stereocenters. The summed E-state index contributed by atoms with van der Waals surface area (Å²) < 4.78 is 3.51. The van der Waals surface area contributed by atoms with E-state index in [4.69, 9.17) is 5.26 Å². The second kappa shape index (κ2) is 9.66. The van der Waals surface area contributed by atoms with E-state index in [1.54, 1.807) is 34.9 Å². The van der Waals surface area contributed by atoms with Gasteiger partial charge in [-0.25, -0.2) is 0 Å². The molecule has 2 aromatic carbocycles. The lowest BCUT2D eigenvalue weighted by Gasteiger charge is -2.11. The van der Waals surface area contributed by atoms with Crippen molar-refractivity contribution in [3.05, 3.63) is 64.4 Å². The van der Waals surface area contributed by atoms with Crippen molar-refractivity contribution in [1.29, 1.82) is 5.26 Å². The number of anilines is 1. The van der Waals surface area contributed by atoms with Gasteiger partial charge < -0.3 is 5.32 Å². The van der Waals surface area contributed by atoms with E-state index >= 15 is 0 Å². The number of aromatic nitrogens is 4. The Bertz CT molecular complexity index is 1390. The Balaban J connectivity index is 1.62. The summed E-state index contributed by atoms with van der Waals surface area (Å²) in [7, 11) is 0. The van der Waals surface area contributed by atoms with Gasteiger partial charge in [0.05, 0.1) is 28.3 Å². The zero-order valence-electron chi connectivity index (χ0n) is 17.6. The number of benzene rings is 2. The van der Waals surface area contributed by atoms with E-state index in [9.17, 15) is 9.59 Å². The standard InChI is InChI=1S/C23H22N6O2S/c1-2-3-6-12-28-21(31)18-10-4-5-11-19(18)29-22(28)26-27-23(29)32-15-20(30)25-17-9-7-8-16(13-17)14-24/h4-5,7-11,13H,2-3,6,12,15H2,1H3,(H,25,30). The van der Waals surface area contributed by atoms with Crippen molar-refractivity contribution in [2.24, 2.45) is 0 Å². The summed E-state index contributed by atoms with van der Waals surface area (Å²) in [4.78, 5) is 25.5. The van der Waals surface area contributed by atoms with Crippen LogP contribution in [0.5, 0.6) is 0 Å². The Morgan fingerprint density at radius 1 is 1.16 bits per heavy atom. The number of carbonyl (C=O) groups excluding carboxylic acids is 1. The lowest BCUT2D eigenvalue weighted by Crippen LogP contribution is -2.23. The molecule has 0 saturated heterocycles. The third kappa shape index (κ3) is 4.36. The highest BCUT2D eigenvalue weighted by atomic mass is 32.2. The largest absolute Gasteiger partial charge is 0.325 e. The van der Waals surface area contributed by atoms with Crippen LogP contribution in [0.3, 0.4) is 0 Å². The van der Waals surface area contributed by atoms with Gasteiger partial charge in [-0.2, -0.15) is 5.26 Å². The highest BCUT2D eigenvalue weighted by Crippen LogP contribution is 2.22. The Morgan fingerprint density at radius 3 is 2.81 bits per heavy atom. The van der Waals surface area contributed by atoms with Crippen LogP contribution in [0.4, 0.5) is 5.69 Å². The lowest BCUT2D eigenvalue weighted by molar-refractivity contribution is -0.113. The zero-order chi connectivity index (χ0) is 22.5. The monoisotopic (exact) mass is 446 g/mol. The van der Waals surface area contributed by atoms with E-state index in [-0.39, 0.29) is 17.2 Å². The molecule has 2 aromatic heterocycles. The molecule has 0 spiro atoms. The number of para-hydroxylation sites is 1. The second-order valence-corrected chi connectivity index (χ2v) is 8.27. The molecule has 4 aromatic rings. The normalized spacial score (nSPS) is 11.0. The number of nitrogens with one attached hydrogen (secondary N) is 1. The van der Waals surface area contributed by atoms with Crippen LogP contribution in [0.25, 0.3) is 16.7 Å². The maximum atomic E-state index is 13.1. The zero-order valence-corrected chi connectivity index (χ0v) is 18.4. The summed E-state index contributed by atoms with van der Waals surface area (Å²) in [6.45, 7) is 2.69. The molecule has 0 aliphatic rings. The first-order valence-corrected chi connectivity index (χ1v) is 11.4. The molecule has 0 aliphatic carbocycles. The van der Waals surface area contributed by atoms with E-state index in [1.807, 2.05) is 22.6 Å². The summed E-state index contributed by atoms with van der Waals surface area (Å²) >= 11 is 1.25. The minimum atomic E-state index is -0.220. The summed E-state index contributed by atoms with van der Waals surface area (Å²) in [6.07, 6.45) is 2.96. The van der Waals surface area contributed by atoms with Crippen LogP contribution >= 0.6 is 11.8 Å². The molecular weight excluding hydrogens is 424 g/mol. The minimum absolute atomic E-state index is 0.0803. The van der Waals surface area contributed by atoms with Crippen LogP contribution in [-0.2, 0) is 11.3 Å². The van der Waals surface area contributed by atoms with Gasteiger partial charge in [0.15, 0.2) is 5.16 Å². The summed E-state index contributed by atoms with van der Waals surface area (Å²) in [5, 5.41) is 21.5. The molecule has 0 radical (unpaired) electrons. The molecular formula is C23H22N6O2S. The maximum Gasteiger partial charge on any atom is 0.262 e. The van der Waals surface area contributed by atoms with Gasteiger partial charge in [-0.05, 0) is 36.8 Å². The van der Waals surface area contributed by atoms with Gasteiger partial charge in [-0.1, -0.05) is 49.7 Å². The topological polar surface area (TPSA) is 105 Å². The Kier molecular flexibility index (Phi) is 6.52. The van der Waals surface area contributed by atoms with Crippen molar-refractivity contribution in [2.75, 3.05) is 11.1 Å². The van der Waals surface area contributed by atoms with Gasteiger partial charge in [-0.3, -0.25) is 18.6 Å². The van der Waals surface area contributed by atoms with E-state index in [0.717, 1.165) is 19.3 Å². The highest BCUT2D eigenvalue weighted by Gasteiger charge is 2.17. The van der Waals surface area contributed by atoms with E-state index < -0.39 is 0 Å². The number of rotatable bonds is 8. The van der Waals surface area contributed by atoms with Crippen LogP contribution < -0.4 is 10.9 Å². The molecule has 162 valence electrons. The van der Waals surface area contributed by atoms with Crippen LogP contribution in [0.2, 0.25) is 0 Å². The van der Waals surface area contributed by atoms with Crippen LogP contribution in [0.15, 0.2) is 58.5 Å². The summed E-state index contributed by atoms with van der Waals surface area (Å²) in [6, 6.07) is 16.2. The minimum Gasteiger partial charge on any atom is -0.325 e. The number of fused-ring (bicyclic) bond motifs is 3. The smallest absolute Gasteiger partial charge is 0.262 e. The van der Waals surface area contributed by atoms with Gasteiger partial charge in [0, 0.05) is 12.2 Å². The fourth-order valence-electron chi connectivity index (χ4n) is 3.54. The number of carbonyl (C=O) groups is 1.